The summed E-state index contributed by atoms with van der Waals surface area (Å²) >= 11 is 0. The maximum Gasteiger partial charge on any atom is 0.225 e. The van der Waals surface area contributed by atoms with Crippen molar-refractivity contribution < 1.29 is 14.2 Å². The molecule has 7 nitrogen and oxygen atoms in total. The van der Waals surface area contributed by atoms with E-state index in [4.69, 9.17) is 14.2 Å². The number of aryl methyl sites for hydroxylation is 1. The van der Waals surface area contributed by atoms with Crippen molar-refractivity contribution in [2.45, 2.75) is 33.2 Å². The van der Waals surface area contributed by atoms with E-state index in [0.717, 1.165) is 17.8 Å². The largest absolute Gasteiger partial charge is 0.493 e. The lowest BCUT2D eigenvalue weighted by Crippen LogP contribution is -2.16. The zero-order chi connectivity index (χ0) is 18.4. The summed E-state index contributed by atoms with van der Waals surface area (Å²) in [6.07, 6.45) is 0.993. The Kier molecular flexibility index (Phi) is 6.27. The molecule has 25 heavy (non-hydrogen) atoms. The van der Waals surface area contributed by atoms with Crippen LogP contribution < -0.4 is 24.8 Å². The molecule has 1 aromatic carbocycles. The van der Waals surface area contributed by atoms with Gasteiger partial charge < -0.3 is 24.8 Å². The average Bonchev–Trinajstić information content (AvgIpc) is 2.60. The zero-order valence-electron chi connectivity index (χ0n) is 15.6. The Morgan fingerprint density at radius 3 is 2.16 bits per heavy atom. The Balaban J connectivity index is 2.33. The van der Waals surface area contributed by atoms with Crippen LogP contribution in [-0.2, 0) is 0 Å². The molecule has 0 saturated heterocycles. The van der Waals surface area contributed by atoms with Gasteiger partial charge in [0.15, 0.2) is 11.5 Å². The molecule has 2 aromatic rings. The number of rotatable bonds is 8. The number of benzene rings is 1. The van der Waals surface area contributed by atoms with Crippen LogP contribution in [0, 0.1) is 6.92 Å². The quantitative estimate of drug-likeness (QED) is 0.753. The third-order valence-corrected chi connectivity index (χ3v) is 3.78. The van der Waals surface area contributed by atoms with E-state index in [1.54, 1.807) is 21.3 Å². The molecule has 1 heterocycles. The molecule has 0 radical (unpaired) electrons. The molecule has 0 amide bonds. The molecule has 1 unspecified atom stereocenters. The molecule has 0 bridgehead atoms. The van der Waals surface area contributed by atoms with E-state index < -0.39 is 0 Å². The minimum absolute atomic E-state index is 0.302. The number of hydrogen-bond donors (Lipinski definition) is 2. The smallest absolute Gasteiger partial charge is 0.225 e. The van der Waals surface area contributed by atoms with Crippen LogP contribution in [0.25, 0.3) is 0 Å². The lowest BCUT2D eigenvalue weighted by molar-refractivity contribution is 0.324. The second-order valence-electron chi connectivity index (χ2n) is 5.71. The second kappa shape index (κ2) is 8.41. The number of hydrogen-bond acceptors (Lipinski definition) is 7. The van der Waals surface area contributed by atoms with Gasteiger partial charge in [-0.15, -0.1) is 0 Å². The Morgan fingerprint density at radius 2 is 1.64 bits per heavy atom. The van der Waals surface area contributed by atoms with E-state index in [0.29, 0.717) is 35.1 Å². The van der Waals surface area contributed by atoms with Crippen LogP contribution in [0.3, 0.4) is 0 Å². The first kappa shape index (κ1) is 18.6. The van der Waals surface area contributed by atoms with Gasteiger partial charge in [-0.3, -0.25) is 0 Å². The van der Waals surface area contributed by atoms with E-state index in [9.17, 15) is 0 Å². The monoisotopic (exact) mass is 346 g/mol. The molecule has 2 N–H and O–H groups in total. The van der Waals surface area contributed by atoms with Gasteiger partial charge in [-0.05, 0) is 20.3 Å². The van der Waals surface area contributed by atoms with Crippen molar-refractivity contribution in [2.24, 2.45) is 0 Å². The van der Waals surface area contributed by atoms with Crippen molar-refractivity contribution in [3.63, 3.8) is 0 Å². The number of anilines is 3. The van der Waals surface area contributed by atoms with E-state index >= 15 is 0 Å². The molecule has 0 saturated carbocycles. The van der Waals surface area contributed by atoms with Gasteiger partial charge >= 0.3 is 0 Å². The van der Waals surface area contributed by atoms with Crippen LogP contribution in [0.15, 0.2) is 18.2 Å². The maximum atomic E-state index is 5.38. The minimum atomic E-state index is 0.302. The highest BCUT2D eigenvalue weighted by Crippen LogP contribution is 2.40. The highest BCUT2D eigenvalue weighted by atomic mass is 16.5. The molecular formula is C18H26N4O3. The highest BCUT2D eigenvalue weighted by Gasteiger charge is 2.14. The van der Waals surface area contributed by atoms with E-state index in [2.05, 4.69) is 34.4 Å². The number of ether oxygens (including phenoxy) is 3. The molecule has 2 rings (SSSR count). The highest BCUT2D eigenvalue weighted by molar-refractivity contribution is 5.67. The van der Waals surface area contributed by atoms with Crippen molar-refractivity contribution in [2.75, 3.05) is 32.0 Å². The van der Waals surface area contributed by atoms with Crippen LogP contribution in [0.1, 0.15) is 26.0 Å². The Hall–Kier alpha value is -2.70. The summed E-state index contributed by atoms with van der Waals surface area (Å²) in [4.78, 5) is 8.95. The standard InChI is InChI=1S/C18H26N4O3/c1-7-11(2)19-18-20-12(3)8-16(22-18)21-13-9-14(23-4)17(25-6)15(10-13)24-5/h8-11H,7H2,1-6H3,(H2,19,20,21,22). The van der Waals surface area contributed by atoms with Crippen molar-refractivity contribution in [1.29, 1.82) is 0 Å². The predicted octanol–water partition coefficient (Wildman–Crippen LogP) is 3.76. The van der Waals surface area contributed by atoms with Crippen molar-refractivity contribution in [1.82, 2.24) is 9.97 Å². The van der Waals surface area contributed by atoms with Crippen LogP contribution in [-0.4, -0.2) is 37.3 Å². The predicted molar refractivity (Wildman–Crippen MR) is 99.5 cm³/mol. The molecule has 0 aliphatic carbocycles. The topological polar surface area (TPSA) is 77.5 Å². The molecule has 0 spiro atoms. The number of methoxy groups -OCH3 is 3. The number of aromatic nitrogens is 2. The van der Waals surface area contributed by atoms with Crippen LogP contribution in [0.4, 0.5) is 17.5 Å². The van der Waals surface area contributed by atoms with Gasteiger partial charge in [-0.2, -0.15) is 4.98 Å². The second-order valence-corrected chi connectivity index (χ2v) is 5.71. The van der Waals surface area contributed by atoms with Crippen LogP contribution in [0.2, 0.25) is 0 Å². The molecule has 0 aliphatic heterocycles. The Bertz CT molecular complexity index is 696. The SMILES string of the molecule is CCC(C)Nc1nc(C)cc(Nc2cc(OC)c(OC)c(OC)c2)n1. The third-order valence-electron chi connectivity index (χ3n) is 3.78. The van der Waals surface area contributed by atoms with Gasteiger partial charge in [0.1, 0.15) is 5.82 Å². The van der Waals surface area contributed by atoms with Crippen molar-refractivity contribution in [3.05, 3.63) is 23.9 Å². The number of nitrogens with one attached hydrogen (secondary N) is 2. The van der Waals surface area contributed by atoms with E-state index in [1.807, 2.05) is 25.1 Å². The molecule has 1 atom stereocenters. The van der Waals surface area contributed by atoms with Gasteiger partial charge in [-0.25, -0.2) is 4.98 Å². The fourth-order valence-corrected chi connectivity index (χ4v) is 2.32. The molecule has 0 fully saturated rings. The first-order valence-electron chi connectivity index (χ1n) is 8.19. The fourth-order valence-electron chi connectivity index (χ4n) is 2.32. The van der Waals surface area contributed by atoms with Gasteiger partial charge in [0.25, 0.3) is 0 Å². The van der Waals surface area contributed by atoms with Gasteiger partial charge in [0.2, 0.25) is 11.7 Å². The normalized spacial score (nSPS) is 11.6. The molecule has 136 valence electrons. The first-order chi connectivity index (χ1) is 12.0. The zero-order valence-corrected chi connectivity index (χ0v) is 15.6. The molecule has 0 aliphatic rings. The average molecular weight is 346 g/mol. The summed E-state index contributed by atoms with van der Waals surface area (Å²) in [6.45, 7) is 6.14. The van der Waals surface area contributed by atoms with Crippen molar-refractivity contribution >= 4 is 17.5 Å². The Morgan fingerprint density at radius 1 is 1.00 bits per heavy atom. The van der Waals surface area contributed by atoms with Gasteiger partial charge in [0.05, 0.1) is 21.3 Å². The fraction of sp³-hybridized carbons (Fsp3) is 0.444. The van der Waals surface area contributed by atoms with Gasteiger partial charge in [-0.1, -0.05) is 6.92 Å². The summed E-state index contributed by atoms with van der Waals surface area (Å²) in [5.41, 5.74) is 1.65. The number of nitrogens with zero attached hydrogens (tertiary/aromatic N) is 2. The minimum Gasteiger partial charge on any atom is -0.493 e. The van der Waals surface area contributed by atoms with E-state index in [1.165, 1.54) is 0 Å². The molecule has 1 aromatic heterocycles. The maximum absolute atomic E-state index is 5.38. The summed E-state index contributed by atoms with van der Waals surface area (Å²) < 4.78 is 16.1. The van der Waals surface area contributed by atoms with Crippen molar-refractivity contribution in [3.8, 4) is 17.2 Å². The Labute approximate surface area is 148 Å². The first-order valence-corrected chi connectivity index (χ1v) is 8.19. The molecule has 7 heteroatoms. The summed E-state index contributed by atoms with van der Waals surface area (Å²) in [6, 6.07) is 5.85. The van der Waals surface area contributed by atoms with Gasteiger partial charge in [0, 0.05) is 35.6 Å². The lowest BCUT2D eigenvalue weighted by atomic mass is 10.2. The lowest BCUT2D eigenvalue weighted by Gasteiger charge is -2.16. The third kappa shape index (κ3) is 4.65. The molecular weight excluding hydrogens is 320 g/mol. The van der Waals surface area contributed by atoms with E-state index in [-0.39, 0.29) is 0 Å². The summed E-state index contributed by atoms with van der Waals surface area (Å²) in [5.74, 6) is 2.99. The summed E-state index contributed by atoms with van der Waals surface area (Å²) in [5, 5.41) is 6.56. The summed E-state index contributed by atoms with van der Waals surface area (Å²) in [7, 11) is 4.75. The van der Waals surface area contributed by atoms with Crippen LogP contribution in [0.5, 0.6) is 17.2 Å². The van der Waals surface area contributed by atoms with Crippen LogP contribution >= 0.6 is 0 Å².